The molecule has 4 heteroatoms. The van der Waals surface area contributed by atoms with Gasteiger partial charge >= 0.3 is 0 Å². The number of rotatable bonds is 1. The quantitative estimate of drug-likeness (QED) is 0.365. The van der Waals surface area contributed by atoms with Gasteiger partial charge in [-0.05, 0) is 6.42 Å². The molecule has 2 radical (unpaired) electrons. The number of amides is 1. The van der Waals surface area contributed by atoms with Gasteiger partial charge in [0, 0.05) is 12.4 Å². The highest BCUT2D eigenvalue weighted by Crippen LogP contribution is 2.18. The van der Waals surface area contributed by atoms with E-state index >= 15 is 0 Å². The molecule has 1 fully saturated rings. The summed E-state index contributed by atoms with van der Waals surface area (Å²) in [6.07, 6.45) is 0.681. The van der Waals surface area contributed by atoms with Crippen molar-refractivity contribution in [2.45, 2.75) is 12.2 Å². The van der Waals surface area contributed by atoms with Crippen molar-refractivity contribution in [3.8, 4) is 6.07 Å². The summed E-state index contributed by atoms with van der Waals surface area (Å²) in [4.78, 5) is 12.4. The molecule has 0 aliphatic carbocycles. The van der Waals surface area contributed by atoms with E-state index in [0.717, 1.165) is 0 Å². The molecular weight excluding hydrogens is 127 g/mol. The van der Waals surface area contributed by atoms with Crippen molar-refractivity contribution in [1.29, 1.82) is 5.26 Å². The minimum atomic E-state index is -0.367. The third-order valence-electron chi connectivity index (χ3n) is 1.60. The van der Waals surface area contributed by atoms with Gasteiger partial charge in [-0.2, -0.15) is 5.26 Å². The van der Waals surface area contributed by atoms with Crippen LogP contribution in [0.4, 0.5) is 0 Å². The van der Waals surface area contributed by atoms with Crippen molar-refractivity contribution < 1.29 is 4.79 Å². The lowest BCUT2D eigenvalue weighted by Crippen LogP contribution is -2.26. The van der Waals surface area contributed by atoms with Crippen molar-refractivity contribution in [3.63, 3.8) is 0 Å². The van der Waals surface area contributed by atoms with E-state index in [1.165, 1.54) is 4.90 Å². The van der Waals surface area contributed by atoms with Gasteiger partial charge in [-0.15, -0.1) is 0 Å². The van der Waals surface area contributed by atoms with Crippen molar-refractivity contribution in [1.82, 2.24) is 4.90 Å². The van der Waals surface area contributed by atoms with E-state index in [1.54, 1.807) is 0 Å². The van der Waals surface area contributed by atoms with Crippen molar-refractivity contribution >= 4 is 13.8 Å². The molecule has 1 atom stereocenters. The largest absolute Gasteiger partial charge is 0.330 e. The Morgan fingerprint density at radius 1 is 1.90 bits per heavy atom. The van der Waals surface area contributed by atoms with E-state index in [1.807, 2.05) is 6.07 Å². The van der Waals surface area contributed by atoms with Gasteiger partial charge in [-0.3, -0.25) is 4.79 Å². The number of hydrogen-bond acceptors (Lipinski definition) is 2. The fraction of sp³-hybridized carbons (Fsp3) is 0.667. The molecule has 1 saturated heterocycles. The number of nitriles is 1. The highest BCUT2D eigenvalue weighted by molar-refractivity contribution is 6.24. The van der Waals surface area contributed by atoms with Crippen LogP contribution in [0.25, 0.3) is 0 Å². The fourth-order valence-corrected chi connectivity index (χ4v) is 1.01. The Kier molecular flexibility index (Phi) is 1.95. The van der Waals surface area contributed by atoms with Gasteiger partial charge in [0.05, 0.1) is 13.9 Å². The van der Waals surface area contributed by atoms with Gasteiger partial charge in [0.15, 0.2) is 0 Å². The first kappa shape index (κ1) is 7.14. The van der Waals surface area contributed by atoms with Crippen LogP contribution in [0.2, 0.25) is 5.82 Å². The molecule has 10 heavy (non-hydrogen) atoms. The zero-order chi connectivity index (χ0) is 7.56. The third kappa shape index (κ3) is 1.13. The highest BCUT2D eigenvalue weighted by Gasteiger charge is 2.26. The second-order valence-electron chi connectivity index (χ2n) is 2.31. The molecule has 50 valence electrons. The third-order valence-corrected chi connectivity index (χ3v) is 1.60. The second-order valence-corrected chi connectivity index (χ2v) is 2.31. The summed E-state index contributed by atoms with van der Waals surface area (Å²) in [5, 5.41) is 8.25. The summed E-state index contributed by atoms with van der Waals surface area (Å²) in [5.41, 5.74) is 0. The smallest absolute Gasteiger partial charge is 0.217 e. The van der Waals surface area contributed by atoms with Gasteiger partial charge in [0.1, 0.15) is 6.54 Å². The second kappa shape index (κ2) is 2.74. The lowest BCUT2D eigenvalue weighted by Gasteiger charge is -2.09. The fourth-order valence-electron chi connectivity index (χ4n) is 1.01. The molecule has 0 saturated carbocycles. The number of carbonyl (C=O) groups is 1. The molecule has 1 heterocycles. The summed E-state index contributed by atoms with van der Waals surface area (Å²) in [6.45, 7) is 0.806. The first-order valence-electron chi connectivity index (χ1n) is 3.17. The molecule has 0 aromatic heterocycles. The summed E-state index contributed by atoms with van der Waals surface area (Å²) in [5.74, 6) is -0.463. The zero-order valence-electron chi connectivity index (χ0n) is 5.58. The van der Waals surface area contributed by atoms with Crippen molar-refractivity contribution in [2.75, 3.05) is 13.1 Å². The minimum Gasteiger partial charge on any atom is -0.330 e. The minimum absolute atomic E-state index is 0.0958. The zero-order valence-corrected chi connectivity index (χ0v) is 5.58. The first-order chi connectivity index (χ1) is 4.75. The van der Waals surface area contributed by atoms with E-state index in [4.69, 9.17) is 13.1 Å². The van der Waals surface area contributed by atoms with E-state index in [9.17, 15) is 4.79 Å². The maximum Gasteiger partial charge on any atom is 0.217 e. The van der Waals surface area contributed by atoms with Crippen LogP contribution >= 0.6 is 0 Å². The number of likely N-dealkylation sites (tertiary alicyclic amines) is 1. The molecular formula is C6H7BN2O. The van der Waals surface area contributed by atoms with Crippen LogP contribution in [-0.2, 0) is 4.79 Å². The summed E-state index contributed by atoms with van der Waals surface area (Å²) in [7, 11) is 5.40. The molecule has 1 amide bonds. The van der Waals surface area contributed by atoms with Gasteiger partial charge in [0.2, 0.25) is 5.91 Å². The Hall–Kier alpha value is -0.975. The van der Waals surface area contributed by atoms with Gasteiger partial charge < -0.3 is 4.90 Å². The van der Waals surface area contributed by atoms with Gasteiger partial charge in [-0.1, -0.05) is 0 Å². The van der Waals surface area contributed by atoms with Crippen LogP contribution in [0.5, 0.6) is 0 Å². The molecule has 1 aliphatic heterocycles. The van der Waals surface area contributed by atoms with Crippen molar-refractivity contribution in [2.24, 2.45) is 0 Å². The predicted octanol–water partition coefficient (Wildman–Crippen LogP) is -0.301. The summed E-state index contributed by atoms with van der Waals surface area (Å²) < 4.78 is 0. The van der Waals surface area contributed by atoms with Crippen molar-refractivity contribution in [3.05, 3.63) is 0 Å². The van der Waals surface area contributed by atoms with Crippen LogP contribution in [-0.4, -0.2) is 31.7 Å². The maximum atomic E-state index is 10.9. The van der Waals surface area contributed by atoms with E-state index in [0.29, 0.717) is 13.0 Å². The molecule has 0 N–H and O–H groups in total. The van der Waals surface area contributed by atoms with Crippen LogP contribution in [0.1, 0.15) is 6.42 Å². The number of nitrogens with zero attached hydrogens (tertiary/aromatic N) is 2. The molecule has 3 nitrogen and oxygen atoms in total. The van der Waals surface area contributed by atoms with Gasteiger partial charge in [0.25, 0.3) is 0 Å². The average molecular weight is 134 g/mol. The molecule has 1 unspecified atom stereocenters. The van der Waals surface area contributed by atoms with Crippen LogP contribution in [0.15, 0.2) is 0 Å². The molecule has 1 aliphatic rings. The SMILES string of the molecule is [B]C1CCN(CC#N)C1=O. The van der Waals surface area contributed by atoms with Crippen LogP contribution in [0.3, 0.4) is 0 Å². The molecule has 0 aromatic rings. The normalized spacial score (nSPS) is 24.9. The Morgan fingerprint density at radius 3 is 3.00 bits per heavy atom. The van der Waals surface area contributed by atoms with E-state index < -0.39 is 0 Å². The Bertz CT molecular complexity index is 187. The maximum absolute atomic E-state index is 10.9. The Labute approximate surface area is 61.0 Å². The highest BCUT2D eigenvalue weighted by atomic mass is 16.2. The van der Waals surface area contributed by atoms with E-state index in [2.05, 4.69) is 0 Å². The van der Waals surface area contributed by atoms with Crippen LogP contribution < -0.4 is 0 Å². The Balaban J connectivity index is 2.51. The predicted molar refractivity (Wildman–Crippen MR) is 36.3 cm³/mol. The lowest BCUT2D eigenvalue weighted by atomic mass is 9.86. The summed E-state index contributed by atoms with van der Waals surface area (Å²) in [6, 6.07) is 1.91. The molecule has 0 spiro atoms. The first-order valence-corrected chi connectivity index (χ1v) is 3.17. The van der Waals surface area contributed by atoms with Crippen LogP contribution in [0, 0.1) is 11.3 Å². The average Bonchev–Trinajstić information content (AvgIpc) is 2.20. The molecule has 0 bridgehead atoms. The number of carbonyl (C=O) groups excluding carboxylic acids is 1. The topological polar surface area (TPSA) is 44.1 Å². The molecule has 1 rings (SSSR count). The monoisotopic (exact) mass is 134 g/mol. The lowest BCUT2D eigenvalue weighted by molar-refractivity contribution is -0.127. The summed E-state index contributed by atoms with van der Waals surface area (Å²) >= 11 is 0. The standard InChI is InChI=1S/C6H7BN2O/c7-5-1-3-9(4-2-8)6(5)10/h5H,1,3-4H2. The van der Waals surface area contributed by atoms with E-state index in [-0.39, 0.29) is 18.3 Å². The van der Waals surface area contributed by atoms with Gasteiger partial charge in [-0.25, -0.2) is 0 Å². The molecule has 0 aromatic carbocycles. The number of hydrogen-bond donors (Lipinski definition) is 0. The Morgan fingerprint density at radius 2 is 2.60 bits per heavy atom.